The van der Waals surface area contributed by atoms with Crippen molar-refractivity contribution in [3.63, 3.8) is 0 Å². The van der Waals surface area contributed by atoms with E-state index in [0.717, 1.165) is 0 Å². The van der Waals surface area contributed by atoms with Crippen molar-refractivity contribution in [2.45, 2.75) is 26.8 Å². The first-order chi connectivity index (χ1) is 3.27. The first kappa shape index (κ1) is 6.54. The van der Waals surface area contributed by atoms with E-state index in [4.69, 9.17) is 0 Å². The van der Waals surface area contributed by atoms with Crippen LogP contribution in [0, 0.1) is 0 Å². The van der Waals surface area contributed by atoms with Crippen LogP contribution < -0.4 is 5.32 Å². The van der Waals surface area contributed by atoms with Gasteiger partial charge in [0.1, 0.15) is 0 Å². The van der Waals surface area contributed by atoms with Gasteiger partial charge in [-0.2, -0.15) is 0 Å². The van der Waals surface area contributed by atoms with Gasteiger partial charge in [-0.25, -0.2) is 0 Å². The molecule has 1 heteroatoms. The molecule has 0 aromatic carbocycles. The maximum atomic E-state index is 3.11. The van der Waals surface area contributed by atoms with Crippen LogP contribution in [0.25, 0.3) is 0 Å². The molecule has 0 aliphatic carbocycles. The minimum Gasteiger partial charge on any atom is -0.389 e. The second-order valence-electron chi connectivity index (χ2n) is 1.82. The molecule has 0 saturated carbocycles. The van der Waals surface area contributed by atoms with Gasteiger partial charge in [-0.15, -0.1) is 0 Å². The summed E-state index contributed by atoms with van der Waals surface area (Å²) < 4.78 is 0. The van der Waals surface area contributed by atoms with Gasteiger partial charge in [0.05, 0.1) is 0 Å². The largest absolute Gasteiger partial charge is 0.389 e. The Morgan fingerprint density at radius 3 is 2.14 bits per heavy atom. The average Bonchev–Trinajstić information content (AvgIpc) is 1.61. The van der Waals surface area contributed by atoms with Crippen molar-refractivity contribution < 1.29 is 0 Å². The topological polar surface area (TPSA) is 12.0 Å². The van der Waals surface area contributed by atoms with E-state index in [0.29, 0.717) is 6.04 Å². The summed E-state index contributed by atoms with van der Waals surface area (Å²) in [7, 11) is 0. The fourth-order valence-corrected chi connectivity index (χ4v) is 0.289. The number of hydrogen-bond acceptors (Lipinski definition) is 1. The number of hydrogen-bond donors (Lipinski definition) is 1. The molecule has 0 aromatic rings. The third kappa shape index (κ3) is 5.54. The minimum absolute atomic E-state index is 0.566. The first-order valence-corrected chi connectivity index (χ1v) is 2.64. The molecular formula is C6H13N. The minimum atomic E-state index is 0.566. The van der Waals surface area contributed by atoms with Gasteiger partial charge in [-0.1, -0.05) is 6.08 Å². The highest BCUT2D eigenvalue weighted by molar-refractivity contribution is 4.75. The third-order valence-corrected chi connectivity index (χ3v) is 0.596. The Hall–Kier alpha value is -0.460. The molecule has 0 aliphatic rings. The van der Waals surface area contributed by atoms with Crippen molar-refractivity contribution in [2.24, 2.45) is 0 Å². The Morgan fingerprint density at radius 1 is 1.43 bits per heavy atom. The molecule has 1 N–H and O–H groups in total. The van der Waals surface area contributed by atoms with Crippen LogP contribution in [-0.4, -0.2) is 6.04 Å². The molecule has 0 aliphatic heterocycles. The number of rotatable bonds is 2. The molecule has 0 bridgehead atoms. The number of allylic oxidation sites excluding steroid dienone is 1. The van der Waals surface area contributed by atoms with Crippen LogP contribution in [0.5, 0.6) is 0 Å². The van der Waals surface area contributed by atoms with E-state index in [-0.39, 0.29) is 0 Å². The smallest absolute Gasteiger partial charge is 0.0199 e. The van der Waals surface area contributed by atoms with Gasteiger partial charge in [0, 0.05) is 6.04 Å². The lowest BCUT2D eigenvalue weighted by atomic mass is 10.4. The number of nitrogens with one attached hydrogen (secondary N) is 1. The Balaban J connectivity index is 2.97. The molecule has 0 heterocycles. The first-order valence-electron chi connectivity index (χ1n) is 2.64. The van der Waals surface area contributed by atoms with E-state index in [9.17, 15) is 0 Å². The van der Waals surface area contributed by atoms with E-state index in [1.807, 2.05) is 19.2 Å². The highest BCUT2D eigenvalue weighted by atomic mass is 14.9. The quantitative estimate of drug-likeness (QED) is 0.553. The highest BCUT2D eigenvalue weighted by Crippen LogP contribution is 1.73. The zero-order chi connectivity index (χ0) is 5.70. The molecule has 0 rings (SSSR count). The predicted molar refractivity (Wildman–Crippen MR) is 33.1 cm³/mol. The zero-order valence-corrected chi connectivity index (χ0v) is 5.23. The second kappa shape index (κ2) is 3.72. The van der Waals surface area contributed by atoms with Gasteiger partial charge in [0.2, 0.25) is 0 Å². The van der Waals surface area contributed by atoms with Crippen LogP contribution in [0.2, 0.25) is 0 Å². The van der Waals surface area contributed by atoms with Crippen molar-refractivity contribution in [3.8, 4) is 0 Å². The molecule has 1 nitrogen and oxygen atoms in total. The maximum Gasteiger partial charge on any atom is 0.0199 e. The fraction of sp³-hybridized carbons (Fsp3) is 0.667. The van der Waals surface area contributed by atoms with Crippen LogP contribution in [0.1, 0.15) is 20.8 Å². The highest BCUT2D eigenvalue weighted by Gasteiger charge is 1.79. The van der Waals surface area contributed by atoms with Crippen LogP contribution in [0.3, 0.4) is 0 Å². The average molecular weight is 99.2 g/mol. The molecule has 0 aromatic heterocycles. The lowest BCUT2D eigenvalue weighted by Crippen LogP contribution is -2.14. The lowest BCUT2D eigenvalue weighted by molar-refractivity contribution is 0.702. The monoisotopic (exact) mass is 99.1 g/mol. The molecule has 7 heavy (non-hydrogen) atoms. The summed E-state index contributed by atoms with van der Waals surface area (Å²) in [6.45, 7) is 6.22. The molecule has 0 amide bonds. The summed E-state index contributed by atoms with van der Waals surface area (Å²) in [6, 6.07) is 0.566. The second-order valence-corrected chi connectivity index (χ2v) is 1.82. The Kier molecular flexibility index (Phi) is 3.48. The van der Waals surface area contributed by atoms with Crippen LogP contribution in [0.4, 0.5) is 0 Å². The summed E-state index contributed by atoms with van der Waals surface area (Å²) in [5.41, 5.74) is 0. The molecule has 0 unspecified atom stereocenters. The van der Waals surface area contributed by atoms with Gasteiger partial charge in [-0.3, -0.25) is 0 Å². The van der Waals surface area contributed by atoms with Gasteiger partial charge in [-0.05, 0) is 27.0 Å². The van der Waals surface area contributed by atoms with Crippen LogP contribution >= 0.6 is 0 Å². The summed E-state index contributed by atoms with van der Waals surface area (Å²) >= 11 is 0. The van der Waals surface area contributed by atoms with Gasteiger partial charge < -0.3 is 5.32 Å². The van der Waals surface area contributed by atoms with Crippen LogP contribution in [0.15, 0.2) is 12.3 Å². The van der Waals surface area contributed by atoms with Crippen molar-refractivity contribution in [1.82, 2.24) is 5.32 Å². The fourth-order valence-electron chi connectivity index (χ4n) is 0.289. The molecule has 0 fully saturated rings. The van der Waals surface area contributed by atoms with E-state index in [2.05, 4.69) is 19.2 Å². The molecule has 0 atom stereocenters. The van der Waals surface area contributed by atoms with Crippen LogP contribution in [-0.2, 0) is 0 Å². The predicted octanol–water partition coefficient (Wildman–Crippen LogP) is 1.52. The van der Waals surface area contributed by atoms with Crippen molar-refractivity contribution in [1.29, 1.82) is 0 Å². The lowest BCUT2D eigenvalue weighted by Gasteiger charge is -2.00. The van der Waals surface area contributed by atoms with Gasteiger partial charge in [0.25, 0.3) is 0 Å². The van der Waals surface area contributed by atoms with E-state index in [1.165, 1.54) is 0 Å². The molecule has 0 saturated heterocycles. The summed E-state index contributed by atoms with van der Waals surface area (Å²) in [4.78, 5) is 0. The third-order valence-electron chi connectivity index (χ3n) is 0.596. The summed E-state index contributed by atoms with van der Waals surface area (Å²) in [5, 5.41) is 3.11. The van der Waals surface area contributed by atoms with Crippen molar-refractivity contribution in [3.05, 3.63) is 12.3 Å². The summed E-state index contributed by atoms with van der Waals surface area (Å²) in [6.07, 6.45) is 3.94. The standard InChI is InChI=1S/C6H13N/c1-4-5-7-6(2)3/h4-7H,1-3H3/b5-4+. The summed E-state index contributed by atoms with van der Waals surface area (Å²) in [5.74, 6) is 0. The Bertz CT molecular complexity index is 55.2. The Labute approximate surface area is 45.4 Å². The van der Waals surface area contributed by atoms with Crippen molar-refractivity contribution >= 4 is 0 Å². The molecule has 42 valence electrons. The normalized spacial score (nSPS) is 10.9. The van der Waals surface area contributed by atoms with Gasteiger partial charge >= 0.3 is 0 Å². The Morgan fingerprint density at radius 2 is 2.00 bits per heavy atom. The van der Waals surface area contributed by atoms with E-state index < -0.39 is 0 Å². The SMILES string of the molecule is C/C=C/NC(C)C. The van der Waals surface area contributed by atoms with Crippen molar-refractivity contribution in [2.75, 3.05) is 0 Å². The molecule has 0 radical (unpaired) electrons. The molecular weight excluding hydrogens is 86.1 g/mol. The van der Waals surface area contributed by atoms with E-state index >= 15 is 0 Å². The molecule has 0 spiro atoms. The van der Waals surface area contributed by atoms with Gasteiger partial charge in [0.15, 0.2) is 0 Å². The zero-order valence-electron chi connectivity index (χ0n) is 5.23. The van der Waals surface area contributed by atoms with E-state index in [1.54, 1.807) is 0 Å². The maximum absolute atomic E-state index is 3.11.